The van der Waals surface area contributed by atoms with Crippen LogP contribution in [-0.4, -0.2) is 77.8 Å². The Balaban J connectivity index is 1.16. The summed E-state index contributed by atoms with van der Waals surface area (Å²) in [7, 11) is 0. The molecule has 28 heavy (non-hydrogen) atoms. The number of ether oxygens (including phenoxy) is 6. The first-order chi connectivity index (χ1) is 13.9. The van der Waals surface area contributed by atoms with Crippen molar-refractivity contribution in [3.8, 4) is 0 Å². The maximum Gasteiger partial charge on any atom is 0.104 e. The van der Waals surface area contributed by atoms with Crippen LogP contribution < -0.4 is 0 Å². The molecule has 3 unspecified atom stereocenters. The molecule has 0 bridgehead atoms. The second kappa shape index (κ2) is 13.9. The summed E-state index contributed by atoms with van der Waals surface area (Å²) < 4.78 is 32.5. The van der Waals surface area contributed by atoms with Crippen LogP contribution in [0.5, 0.6) is 0 Å². The van der Waals surface area contributed by atoms with Crippen LogP contribution in [0.15, 0.2) is 0 Å². The largest absolute Gasteiger partial charge is 0.379 e. The van der Waals surface area contributed by atoms with E-state index in [2.05, 4.69) is 0 Å². The van der Waals surface area contributed by atoms with E-state index in [1.165, 1.54) is 38.5 Å². The van der Waals surface area contributed by atoms with Gasteiger partial charge in [0, 0.05) is 19.8 Å². The van der Waals surface area contributed by atoms with Crippen LogP contribution >= 0.6 is 0 Å². The summed E-state index contributed by atoms with van der Waals surface area (Å²) in [6, 6.07) is 0. The fourth-order valence-corrected chi connectivity index (χ4v) is 3.48. The van der Waals surface area contributed by atoms with E-state index in [0.29, 0.717) is 18.3 Å². The Labute approximate surface area is 170 Å². The van der Waals surface area contributed by atoms with Crippen LogP contribution in [0.2, 0.25) is 0 Å². The summed E-state index contributed by atoms with van der Waals surface area (Å²) in [5.74, 6) is 0.824. The molecule has 0 amide bonds. The Morgan fingerprint density at radius 2 is 0.857 bits per heavy atom. The van der Waals surface area contributed by atoms with Crippen molar-refractivity contribution in [1.82, 2.24) is 0 Å². The van der Waals surface area contributed by atoms with Crippen molar-refractivity contribution >= 4 is 0 Å². The molecule has 0 aromatic heterocycles. The van der Waals surface area contributed by atoms with Crippen molar-refractivity contribution in [1.29, 1.82) is 0 Å². The number of epoxide rings is 3. The van der Waals surface area contributed by atoms with Gasteiger partial charge >= 0.3 is 0 Å². The smallest absolute Gasteiger partial charge is 0.104 e. The third kappa shape index (κ3) is 12.3. The molecule has 0 saturated carbocycles. The van der Waals surface area contributed by atoms with Gasteiger partial charge in [0.2, 0.25) is 0 Å². The zero-order valence-electron chi connectivity index (χ0n) is 17.5. The monoisotopic (exact) mass is 400 g/mol. The lowest BCUT2D eigenvalue weighted by Gasteiger charge is -2.17. The molecule has 0 aromatic rings. The van der Waals surface area contributed by atoms with Crippen molar-refractivity contribution in [2.45, 2.75) is 76.1 Å². The van der Waals surface area contributed by atoms with Crippen LogP contribution in [0.3, 0.4) is 0 Å². The average molecular weight is 401 g/mol. The summed E-state index contributed by atoms with van der Waals surface area (Å²) in [6.45, 7) is 7.62. The van der Waals surface area contributed by atoms with Crippen molar-refractivity contribution in [2.24, 2.45) is 5.92 Å². The molecule has 3 atom stereocenters. The van der Waals surface area contributed by atoms with Crippen molar-refractivity contribution in [2.75, 3.05) is 59.5 Å². The lowest BCUT2D eigenvalue weighted by atomic mass is 9.91. The minimum Gasteiger partial charge on any atom is -0.379 e. The highest BCUT2D eigenvalue weighted by Crippen LogP contribution is 2.23. The normalized spacial score (nSPS) is 26.4. The van der Waals surface area contributed by atoms with Gasteiger partial charge in [-0.15, -0.1) is 0 Å². The zero-order chi connectivity index (χ0) is 19.3. The highest BCUT2D eigenvalue weighted by atomic mass is 16.6. The topological polar surface area (TPSA) is 65.3 Å². The molecule has 6 heteroatoms. The Morgan fingerprint density at radius 1 is 0.536 bits per heavy atom. The maximum atomic E-state index is 5.66. The predicted octanol–water partition coefficient (Wildman–Crippen LogP) is 3.36. The summed E-state index contributed by atoms with van der Waals surface area (Å²) >= 11 is 0. The van der Waals surface area contributed by atoms with Crippen LogP contribution in [0.25, 0.3) is 0 Å². The number of hydrogen-bond acceptors (Lipinski definition) is 6. The van der Waals surface area contributed by atoms with Gasteiger partial charge in [0.1, 0.15) is 18.3 Å². The minimum atomic E-state index is 0.384. The van der Waals surface area contributed by atoms with E-state index in [0.717, 1.165) is 84.6 Å². The van der Waals surface area contributed by atoms with Gasteiger partial charge in [0.15, 0.2) is 0 Å². The standard InChI is InChI=1S/C22H40O6/c1(4-10-23-13-20-16-26-20)7-19(8-2-5-11-24-14-21-17-27-21)9-3-6-12-25-15-22-18-28-22/h19-22H,1-18H2. The maximum absolute atomic E-state index is 5.66. The van der Waals surface area contributed by atoms with Gasteiger partial charge in [-0.1, -0.05) is 38.5 Å². The van der Waals surface area contributed by atoms with Gasteiger partial charge in [0.25, 0.3) is 0 Å². The first kappa shape index (κ1) is 22.4. The van der Waals surface area contributed by atoms with E-state index in [1.807, 2.05) is 0 Å². The van der Waals surface area contributed by atoms with Crippen LogP contribution in [0.1, 0.15) is 57.8 Å². The van der Waals surface area contributed by atoms with Gasteiger partial charge in [-0.3, -0.25) is 0 Å². The molecule has 0 aromatic carbocycles. The average Bonchev–Trinajstić information content (AvgIpc) is 3.55. The van der Waals surface area contributed by atoms with E-state index in [4.69, 9.17) is 28.4 Å². The summed E-state index contributed by atoms with van der Waals surface area (Å²) in [6.07, 6.45) is 12.4. The molecule has 3 saturated heterocycles. The van der Waals surface area contributed by atoms with E-state index in [1.54, 1.807) is 0 Å². The van der Waals surface area contributed by atoms with Gasteiger partial charge in [-0.05, 0) is 25.2 Å². The molecule has 0 N–H and O–H groups in total. The van der Waals surface area contributed by atoms with Gasteiger partial charge in [-0.2, -0.15) is 0 Å². The van der Waals surface area contributed by atoms with Crippen molar-refractivity contribution < 1.29 is 28.4 Å². The van der Waals surface area contributed by atoms with Crippen LogP contribution in [0.4, 0.5) is 0 Å². The highest BCUT2D eigenvalue weighted by molar-refractivity contribution is 4.69. The lowest BCUT2D eigenvalue weighted by Crippen LogP contribution is -2.07. The predicted molar refractivity (Wildman–Crippen MR) is 107 cm³/mol. The molecule has 3 heterocycles. The van der Waals surface area contributed by atoms with Crippen LogP contribution in [-0.2, 0) is 28.4 Å². The summed E-state index contributed by atoms with van der Waals surface area (Å²) in [4.78, 5) is 0. The Morgan fingerprint density at radius 3 is 1.14 bits per heavy atom. The minimum absolute atomic E-state index is 0.384. The highest BCUT2D eigenvalue weighted by Gasteiger charge is 2.23. The molecule has 0 spiro atoms. The number of rotatable bonds is 21. The summed E-state index contributed by atoms with van der Waals surface area (Å²) in [5.41, 5.74) is 0. The second-order valence-electron chi connectivity index (χ2n) is 8.44. The molecule has 0 radical (unpaired) electrons. The van der Waals surface area contributed by atoms with E-state index in [-0.39, 0.29) is 0 Å². The quantitative estimate of drug-likeness (QED) is 0.217. The second-order valence-corrected chi connectivity index (χ2v) is 8.44. The fourth-order valence-electron chi connectivity index (χ4n) is 3.48. The SMILES string of the molecule is C(CCC(CCCCOCC1CO1)CCCCOCC1CO1)COCC1CO1. The number of unbranched alkanes of at least 4 members (excludes halogenated alkanes) is 3. The third-order valence-corrected chi connectivity index (χ3v) is 5.57. The van der Waals surface area contributed by atoms with E-state index >= 15 is 0 Å². The Kier molecular flexibility index (Phi) is 11.1. The fraction of sp³-hybridized carbons (Fsp3) is 1.00. The van der Waals surface area contributed by atoms with Gasteiger partial charge in [0.05, 0.1) is 39.6 Å². The Hall–Kier alpha value is -0.240. The third-order valence-electron chi connectivity index (χ3n) is 5.57. The Bertz CT molecular complexity index is 324. The van der Waals surface area contributed by atoms with E-state index < -0.39 is 0 Å². The molecular weight excluding hydrogens is 360 g/mol. The molecule has 6 nitrogen and oxygen atoms in total. The molecule has 0 aliphatic carbocycles. The molecule has 3 rings (SSSR count). The van der Waals surface area contributed by atoms with Crippen molar-refractivity contribution in [3.05, 3.63) is 0 Å². The number of hydrogen-bond donors (Lipinski definition) is 0. The lowest BCUT2D eigenvalue weighted by molar-refractivity contribution is 0.107. The van der Waals surface area contributed by atoms with Gasteiger partial charge < -0.3 is 28.4 Å². The first-order valence-electron chi connectivity index (χ1n) is 11.5. The molecule has 3 aliphatic rings. The molecule has 164 valence electrons. The van der Waals surface area contributed by atoms with E-state index in [9.17, 15) is 0 Å². The van der Waals surface area contributed by atoms with Crippen molar-refractivity contribution in [3.63, 3.8) is 0 Å². The zero-order valence-corrected chi connectivity index (χ0v) is 17.5. The summed E-state index contributed by atoms with van der Waals surface area (Å²) in [5, 5.41) is 0. The van der Waals surface area contributed by atoms with Gasteiger partial charge in [-0.25, -0.2) is 0 Å². The molecule has 3 fully saturated rings. The van der Waals surface area contributed by atoms with Crippen LogP contribution in [0, 0.1) is 5.92 Å². The molecule has 3 aliphatic heterocycles. The molecular formula is C22H40O6. The first-order valence-corrected chi connectivity index (χ1v) is 11.5.